The third kappa shape index (κ3) is 8.58. The average molecular weight is 323 g/mol. The Hall–Kier alpha value is -0.790. The summed E-state index contributed by atoms with van der Waals surface area (Å²) in [5, 5.41) is 0. The van der Waals surface area contributed by atoms with E-state index < -0.39 is 0 Å². The highest BCUT2D eigenvalue weighted by Gasteiger charge is 2.33. The van der Waals surface area contributed by atoms with Gasteiger partial charge in [0.1, 0.15) is 6.10 Å². The smallest absolute Gasteiger partial charge is 0.306 e. The SMILES string of the molecule is C=CCCCCCCCCC(=O)OC1CC(C)CCC1C(C)C. The number of hydrogen-bond acceptors (Lipinski definition) is 2. The minimum atomic E-state index is 0.0291. The van der Waals surface area contributed by atoms with Crippen molar-refractivity contribution in [2.45, 2.75) is 97.5 Å². The first-order chi connectivity index (χ1) is 11.0. The van der Waals surface area contributed by atoms with Crippen molar-refractivity contribution >= 4 is 5.97 Å². The Kier molecular flexibility index (Phi) is 10.3. The zero-order valence-electron chi connectivity index (χ0n) is 15.7. The van der Waals surface area contributed by atoms with Crippen LogP contribution >= 0.6 is 0 Å². The van der Waals surface area contributed by atoms with E-state index in [4.69, 9.17) is 4.74 Å². The Morgan fingerprint density at radius 2 is 1.78 bits per heavy atom. The molecule has 1 fully saturated rings. The molecule has 1 aliphatic rings. The molecule has 2 nitrogen and oxygen atoms in total. The van der Waals surface area contributed by atoms with Crippen LogP contribution in [0.2, 0.25) is 0 Å². The molecule has 3 atom stereocenters. The summed E-state index contributed by atoms with van der Waals surface area (Å²) in [5.41, 5.74) is 0. The first-order valence-corrected chi connectivity index (χ1v) is 9.85. The third-order valence-electron chi connectivity index (χ3n) is 5.28. The quantitative estimate of drug-likeness (QED) is 0.253. The summed E-state index contributed by atoms with van der Waals surface area (Å²) in [6.07, 6.45) is 14.6. The lowest BCUT2D eigenvalue weighted by molar-refractivity contribution is -0.156. The normalized spacial score (nSPS) is 24.6. The maximum absolute atomic E-state index is 12.1. The predicted octanol–water partition coefficient (Wildman–Crippen LogP) is 6.30. The second kappa shape index (κ2) is 11.7. The number of hydrogen-bond donors (Lipinski definition) is 0. The van der Waals surface area contributed by atoms with E-state index in [1.54, 1.807) is 0 Å². The molecule has 0 aromatic rings. The van der Waals surface area contributed by atoms with E-state index in [0.717, 1.165) is 25.7 Å². The van der Waals surface area contributed by atoms with Crippen molar-refractivity contribution in [2.24, 2.45) is 17.8 Å². The summed E-state index contributed by atoms with van der Waals surface area (Å²) in [6, 6.07) is 0. The van der Waals surface area contributed by atoms with Crippen molar-refractivity contribution in [1.29, 1.82) is 0 Å². The zero-order valence-corrected chi connectivity index (χ0v) is 15.7. The number of rotatable bonds is 11. The molecule has 0 saturated heterocycles. The molecule has 0 spiro atoms. The summed E-state index contributed by atoms with van der Waals surface area (Å²) in [4.78, 5) is 12.1. The lowest BCUT2D eigenvalue weighted by atomic mass is 9.75. The molecule has 1 saturated carbocycles. The van der Waals surface area contributed by atoms with Gasteiger partial charge in [-0.2, -0.15) is 0 Å². The molecule has 0 heterocycles. The van der Waals surface area contributed by atoms with Gasteiger partial charge in [-0.1, -0.05) is 59.0 Å². The molecular weight excluding hydrogens is 284 g/mol. The van der Waals surface area contributed by atoms with Crippen molar-refractivity contribution in [3.05, 3.63) is 12.7 Å². The van der Waals surface area contributed by atoms with E-state index in [-0.39, 0.29) is 12.1 Å². The second-order valence-electron chi connectivity index (χ2n) is 7.80. The Labute approximate surface area is 144 Å². The lowest BCUT2D eigenvalue weighted by Crippen LogP contribution is -2.35. The Morgan fingerprint density at radius 1 is 1.13 bits per heavy atom. The molecule has 134 valence electrons. The van der Waals surface area contributed by atoms with Crippen LogP contribution in [0.25, 0.3) is 0 Å². The van der Waals surface area contributed by atoms with Gasteiger partial charge in [0.15, 0.2) is 0 Å². The van der Waals surface area contributed by atoms with Crippen LogP contribution in [-0.4, -0.2) is 12.1 Å². The van der Waals surface area contributed by atoms with Crippen LogP contribution in [0, 0.1) is 17.8 Å². The minimum Gasteiger partial charge on any atom is -0.462 e. The molecular formula is C21H38O2. The van der Waals surface area contributed by atoms with E-state index in [1.165, 1.54) is 38.5 Å². The highest BCUT2D eigenvalue weighted by Crippen LogP contribution is 2.35. The molecule has 1 aliphatic carbocycles. The molecule has 3 unspecified atom stereocenters. The van der Waals surface area contributed by atoms with Gasteiger partial charge in [-0.15, -0.1) is 6.58 Å². The predicted molar refractivity (Wildman–Crippen MR) is 98.4 cm³/mol. The van der Waals surface area contributed by atoms with Crippen LogP contribution in [0.4, 0.5) is 0 Å². The molecule has 0 amide bonds. The van der Waals surface area contributed by atoms with Crippen LogP contribution in [0.15, 0.2) is 12.7 Å². The summed E-state index contributed by atoms with van der Waals surface area (Å²) < 4.78 is 5.85. The van der Waals surface area contributed by atoms with Gasteiger partial charge < -0.3 is 4.74 Å². The molecule has 0 N–H and O–H groups in total. The summed E-state index contributed by atoms with van der Waals surface area (Å²) >= 11 is 0. The summed E-state index contributed by atoms with van der Waals surface area (Å²) in [5.74, 6) is 1.88. The molecule has 0 aromatic heterocycles. The van der Waals surface area contributed by atoms with Gasteiger partial charge >= 0.3 is 5.97 Å². The zero-order chi connectivity index (χ0) is 17.1. The standard InChI is InChI=1S/C21H38O2/c1-5-6-7-8-9-10-11-12-13-21(22)23-20-16-18(4)14-15-19(20)17(2)3/h5,17-20H,1,6-16H2,2-4H3. The molecule has 0 aliphatic heterocycles. The van der Waals surface area contributed by atoms with E-state index in [0.29, 0.717) is 24.2 Å². The molecule has 0 aromatic carbocycles. The van der Waals surface area contributed by atoms with Gasteiger partial charge in [0, 0.05) is 6.42 Å². The fourth-order valence-electron chi connectivity index (χ4n) is 3.74. The van der Waals surface area contributed by atoms with Crippen LogP contribution < -0.4 is 0 Å². The molecule has 0 radical (unpaired) electrons. The number of unbranched alkanes of at least 4 members (excludes halogenated alkanes) is 6. The highest BCUT2D eigenvalue weighted by atomic mass is 16.5. The Balaban J connectivity index is 2.15. The average Bonchev–Trinajstić information content (AvgIpc) is 2.49. The van der Waals surface area contributed by atoms with Crippen molar-refractivity contribution in [3.8, 4) is 0 Å². The number of carbonyl (C=O) groups is 1. The van der Waals surface area contributed by atoms with E-state index in [1.807, 2.05) is 6.08 Å². The summed E-state index contributed by atoms with van der Waals surface area (Å²) in [6.45, 7) is 10.5. The van der Waals surface area contributed by atoms with E-state index in [2.05, 4.69) is 27.4 Å². The van der Waals surface area contributed by atoms with Crippen molar-refractivity contribution < 1.29 is 9.53 Å². The molecule has 23 heavy (non-hydrogen) atoms. The van der Waals surface area contributed by atoms with Gasteiger partial charge in [-0.3, -0.25) is 4.79 Å². The highest BCUT2D eigenvalue weighted by molar-refractivity contribution is 5.69. The van der Waals surface area contributed by atoms with Crippen molar-refractivity contribution in [2.75, 3.05) is 0 Å². The Morgan fingerprint density at radius 3 is 2.43 bits per heavy atom. The van der Waals surface area contributed by atoms with Crippen LogP contribution in [-0.2, 0) is 9.53 Å². The first-order valence-electron chi connectivity index (χ1n) is 9.85. The van der Waals surface area contributed by atoms with Crippen molar-refractivity contribution in [3.63, 3.8) is 0 Å². The van der Waals surface area contributed by atoms with E-state index in [9.17, 15) is 4.79 Å². The number of allylic oxidation sites excluding steroid dienone is 1. The molecule has 0 bridgehead atoms. The van der Waals surface area contributed by atoms with Gasteiger partial charge in [0.05, 0.1) is 0 Å². The van der Waals surface area contributed by atoms with Crippen LogP contribution in [0.1, 0.15) is 91.4 Å². The van der Waals surface area contributed by atoms with Crippen LogP contribution in [0.5, 0.6) is 0 Å². The topological polar surface area (TPSA) is 26.3 Å². The van der Waals surface area contributed by atoms with E-state index >= 15 is 0 Å². The fourth-order valence-corrected chi connectivity index (χ4v) is 3.74. The van der Waals surface area contributed by atoms with Gasteiger partial charge in [0.25, 0.3) is 0 Å². The first kappa shape index (κ1) is 20.3. The molecule has 2 heteroatoms. The maximum Gasteiger partial charge on any atom is 0.306 e. The minimum absolute atomic E-state index is 0.0291. The van der Waals surface area contributed by atoms with Gasteiger partial charge in [-0.05, 0) is 49.9 Å². The van der Waals surface area contributed by atoms with Gasteiger partial charge in [-0.25, -0.2) is 0 Å². The number of esters is 1. The molecule has 1 rings (SSSR count). The second-order valence-corrected chi connectivity index (χ2v) is 7.80. The maximum atomic E-state index is 12.1. The van der Waals surface area contributed by atoms with Crippen LogP contribution in [0.3, 0.4) is 0 Å². The monoisotopic (exact) mass is 322 g/mol. The summed E-state index contributed by atoms with van der Waals surface area (Å²) in [7, 11) is 0. The fraction of sp³-hybridized carbons (Fsp3) is 0.857. The van der Waals surface area contributed by atoms with Gasteiger partial charge in [0.2, 0.25) is 0 Å². The largest absolute Gasteiger partial charge is 0.462 e. The number of ether oxygens (including phenoxy) is 1. The third-order valence-corrected chi connectivity index (χ3v) is 5.28. The lowest BCUT2D eigenvalue weighted by Gasteiger charge is -2.36. The Bertz CT molecular complexity index is 335. The van der Waals surface area contributed by atoms with Crippen molar-refractivity contribution in [1.82, 2.24) is 0 Å². The number of carbonyl (C=O) groups excluding carboxylic acids is 1.